The van der Waals surface area contributed by atoms with Crippen molar-refractivity contribution in [3.05, 3.63) is 11.6 Å². The molecular formula is C10H20Si. The summed E-state index contributed by atoms with van der Waals surface area (Å²) in [6.07, 6.45) is 6.61. The van der Waals surface area contributed by atoms with E-state index in [1.54, 1.807) is 5.57 Å². The Labute approximate surface area is 73.5 Å². The van der Waals surface area contributed by atoms with Gasteiger partial charge in [-0.3, -0.25) is 0 Å². The van der Waals surface area contributed by atoms with E-state index in [2.05, 4.69) is 19.9 Å². The van der Waals surface area contributed by atoms with E-state index < -0.39 is 0 Å². The number of hydrogen-bond donors (Lipinski definition) is 0. The maximum absolute atomic E-state index is 2.45. The van der Waals surface area contributed by atoms with Crippen LogP contribution in [-0.2, 0) is 0 Å². The lowest BCUT2D eigenvalue weighted by atomic mass is 9.83. The summed E-state index contributed by atoms with van der Waals surface area (Å²) in [5.74, 6) is 2.00. The third-order valence-corrected chi connectivity index (χ3v) is 4.42. The van der Waals surface area contributed by atoms with Gasteiger partial charge in [0.2, 0.25) is 0 Å². The van der Waals surface area contributed by atoms with Crippen molar-refractivity contribution >= 4 is 10.2 Å². The fourth-order valence-electron chi connectivity index (χ4n) is 1.84. The van der Waals surface area contributed by atoms with Crippen molar-refractivity contribution in [2.75, 3.05) is 0 Å². The summed E-state index contributed by atoms with van der Waals surface area (Å²) in [6.45, 7) is 4.69. The average molecular weight is 168 g/mol. The molecule has 0 saturated heterocycles. The Morgan fingerprint density at radius 2 is 2.45 bits per heavy atom. The van der Waals surface area contributed by atoms with Crippen molar-refractivity contribution in [2.24, 2.45) is 11.8 Å². The molecule has 2 unspecified atom stereocenters. The molecule has 0 aromatic rings. The van der Waals surface area contributed by atoms with Crippen LogP contribution in [0, 0.1) is 11.8 Å². The molecule has 2 atom stereocenters. The standard InChI is InChI=1S/C10H20Si/c1-8-3-5-10(6-4-8)9(2)7-11/h3,9-10H,4-7H2,1-2,11H3. The Kier molecular flexibility index (Phi) is 3.37. The lowest BCUT2D eigenvalue weighted by Crippen LogP contribution is -2.13. The lowest BCUT2D eigenvalue weighted by Gasteiger charge is -2.25. The van der Waals surface area contributed by atoms with E-state index in [0.717, 1.165) is 11.8 Å². The molecule has 1 aliphatic rings. The van der Waals surface area contributed by atoms with Gasteiger partial charge in [0, 0.05) is 10.2 Å². The van der Waals surface area contributed by atoms with E-state index in [1.807, 2.05) is 0 Å². The van der Waals surface area contributed by atoms with Crippen LogP contribution in [0.3, 0.4) is 0 Å². The molecule has 0 saturated carbocycles. The summed E-state index contributed by atoms with van der Waals surface area (Å²) >= 11 is 0. The van der Waals surface area contributed by atoms with Crippen LogP contribution in [-0.4, -0.2) is 10.2 Å². The van der Waals surface area contributed by atoms with Gasteiger partial charge in [0.05, 0.1) is 0 Å². The Balaban J connectivity index is 2.40. The summed E-state index contributed by atoms with van der Waals surface area (Å²) in [5, 5.41) is 0. The van der Waals surface area contributed by atoms with Crippen LogP contribution in [0.5, 0.6) is 0 Å². The molecule has 1 heteroatoms. The number of hydrogen-bond acceptors (Lipinski definition) is 0. The van der Waals surface area contributed by atoms with Crippen LogP contribution in [0.15, 0.2) is 11.6 Å². The second-order valence-electron chi connectivity index (χ2n) is 3.97. The smallest absolute Gasteiger partial charge is 0.00314 e. The molecule has 0 fully saturated rings. The minimum atomic E-state index is 0.992. The van der Waals surface area contributed by atoms with Crippen LogP contribution in [0.2, 0.25) is 6.04 Å². The van der Waals surface area contributed by atoms with E-state index >= 15 is 0 Å². The summed E-state index contributed by atoms with van der Waals surface area (Å²) in [6, 6.07) is 1.48. The fraction of sp³-hybridized carbons (Fsp3) is 0.800. The molecule has 0 aromatic heterocycles. The first-order chi connectivity index (χ1) is 5.24. The third-order valence-electron chi connectivity index (χ3n) is 3.13. The third kappa shape index (κ3) is 2.48. The van der Waals surface area contributed by atoms with E-state index in [1.165, 1.54) is 35.5 Å². The molecule has 0 aromatic carbocycles. The summed E-state index contributed by atoms with van der Waals surface area (Å²) in [5.41, 5.74) is 1.61. The van der Waals surface area contributed by atoms with Crippen molar-refractivity contribution in [3.63, 3.8) is 0 Å². The molecule has 0 aliphatic heterocycles. The highest BCUT2D eigenvalue weighted by Crippen LogP contribution is 2.30. The summed E-state index contributed by atoms with van der Waals surface area (Å²) in [4.78, 5) is 0. The van der Waals surface area contributed by atoms with Crippen LogP contribution >= 0.6 is 0 Å². The van der Waals surface area contributed by atoms with Gasteiger partial charge in [-0.1, -0.05) is 24.6 Å². The molecule has 0 amide bonds. The van der Waals surface area contributed by atoms with Crippen molar-refractivity contribution < 1.29 is 0 Å². The fourth-order valence-corrected chi connectivity index (χ4v) is 2.50. The van der Waals surface area contributed by atoms with Crippen molar-refractivity contribution in [2.45, 2.75) is 39.2 Å². The van der Waals surface area contributed by atoms with Gasteiger partial charge in [-0.25, -0.2) is 0 Å². The van der Waals surface area contributed by atoms with E-state index in [9.17, 15) is 0 Å². The van der Waals surface area contributed by atoms with Gasteiger partial charge in [-0.05, 0) is 38.0 Å². The van der Waals surface area contributed by atoms with Crippen molar-refractivity contribution in [3.8, 4) is 0 Å². The Morgan fingerprint density at radius 1 is 1.73 bits per heavy atom. The quantitative estimate of drug-likeness (QED) is 0.438. The molecule has 1 aliphatic carbocycles. The van der Waals surface area contributed by atoms with E-state index in [4.69, 9.17) is 0 Å². The maximum atomic E-state index is 2.45. The molecule has 0 bridgehead atoms. The average Bonchev–Trinajstić information content (AvgIpc) is 2.05. The number of rotatable bonds is 2. The van der Waals surface area contributed by atoms with Crippen LogP contribution in [0.25, 0.3) is 0 Å². The van der Waals surface area contributed by atoms with Crippen LogP contribution in [0.1, 0.15) is 33.1 Å². The van der Waals surface area contributed by atoms with E-state index in [-0.39, 0.29) is 0 Å². The van der Waals surface area contributed by atoms with Crippen molar-refractivity contribution in [1.82, 2.24) is 0 Å². The Bertz CT molecular complexity index is 149. The molecule has 11 heavy (non-hydrogen) atoms. The van der Waals surface area contributed by atoms with Gasteiger partial charge in [-0.15, -0.1) is 0 Å². The highest BCUT2D eigenvalue weighted by molar-refractivity contribution is 6.08. The molecule has 0 N–H and O–H groups in total. The molecule has 0 nitrogen and oxygen atoms in total. The van der Waals surface area contributed by atoms with Crippen LogP contribution < -0.4 is 0 Å². The second-order valence-corrected chi connectivity index (χ2v) is 4.79. The minimum absolute atomic E-state index is 0.992. The molecule has 64 valence electrons. The summed E-state index contributed by atoms with van der Waals surface area (Å²) < 4.78 is 0. The predicted octanol–water partition coefficient (Wildman–Crippen LogP) is 2.15. The SMILES string of the molecule is CC1=CCC(C(C)C[SiH3])CC1. The zero-order chi connectivity index (χ0) is 8.27. The zero-order valence-electron chi connectivity index (χ0n) is 8.06. The largest absolute Gasteiger partial charge is 0.0853 e. The first-order valence-electron chi connectivity index (χ1n) is 4.89. The Morgan fingerprint density at radius 3 is 2.91 bits per heavy atom. The van der Waals surface area contributed by atoms with Gasteiger partial charge in [0.25, 0.3) is 0 Å². The van der Waals surface area contributed by atoms with Gasteiger partial charge in [0.15, 0.2) is 0 Å². The van der Waals surface area contributed by atoms with Crippen LogP contribution in [0.4, 0.5) is 0 Å². The van der Waals surface area contributed by atoms with Gasteiger partial charge < -0.3 is 0 Å². The molecular weight excluding hydrogens is 148 g/mol. The lowest BCUT2D eigenvalue weighted by molar-refractivity contribution is 0.351. The molecule has 1 rings (SSSR count). The summed E-state index contributed by atoms with van der Waals surface area (Å²) in [7, 11) is 1.38. The number of allylic oxidation sites excluding steroid dienone is 2. The molecule has 0 spiro atoms. The van der Waals surface area contributed by atoms with Gasteiger partial charge >= 0.3 is 0 Å². The molecule has 0 radical (unpaired) electrons. The first-order valence-corrected chi connectivity index (χ1v) is 6.31. The predicted molar refractivity (Wildman–Crippen MR) is 55.0 cm³/mol. The minimum Gasteiger partial charge on any atom is -0.0853 e. The highest BCUT2D eigenvalue weighted by atomic mass is 28.1. The topological polar surface area (TPSA) is 0 Å². The highest BCUT2D eigenvalue weighted by Gasteiger charge is 2.17. The van der Waals surface area contributed by atoms with E-state index in [0.29, 0.717) is 0 Å². The Hall–Kier alpha value is -0.0431. The maximum Gasteiger partial charge on any atom is 0.00314 e. The first kappa shape index (κ1) is 9.05. The van der Waals surface area contributed by atoms with Crippen molar-refractivity contribution in [1.29, 1.82) is 0 Å². The second kappa shape index (κ2) is 4.10. The zero-order valence-corrected chi connectivity index (χ0v) is 10.1. The van der Waals surface area contributed by atoms with Gasteiger partial charge in [0.1, 0.15) is 0 Å². The van der Waals surface area contributed by atoms with Gasteiger partial charge in [-0.2, -0.15) is 0 Å². The normalized spacial score (nSPS) is 28.2. The molecule has 0 heterocycles. The monoisotopic (exact) mass is 168 g/mol.